The standard InChI is InChI=1S/C12H13NO2/c1-2-7-13-8-10(9-14)15-12-6-4-3-5-11(12)13/h1,3-6,10,14H,7-9H2. The third-order valence-electron chi connectivity index (χ3n) is 2.41. The highest BCUT2D eigenvalue weighted by Crippen LogP contribution is 2.32. The largest absolute Gasteiger partial charge is 0.484 e. The lowest BCUT2D eigenvalue weighted by Crippen LogP contribution is -2.42. The number of anilines is 1. The van der Waals surface area contributed by atoms with Gasteiger partial charge in [0.1, 0.15) is 11.9 Å². The molecule has 1 aromatic rings. The third kappa shape index (κ3) is 1.90. The number of ether oxygens (including phenoxy) is 1. The van der Waals surface area contributed by atoms with Crippen molar-refractivity contribution in [2.75, 3.05) is 24.6 Å². The van der Waals surface area contributed by atoms with Crippen LogP contribution in [0.25, 0.3) is 0 Å². The summed E-state index contributed by atoms with van der Waals surface area (Å²) in [5.74, 6) is 3.40. The molecule has 1 unspecified atom stereocenters. The Bertz CT molecular complexity index is 383. The van der Waals surface area contributed by atoms with Crippen LogP contribution in [0.4, 0.5) is 5.69 Å². The van der Waals surface area contributed by atoms with E-state index < -0.39 is 0 Å². The highest BCUT2D eigenvalue weighted by molar-refractivity contribution is 5.60. The van der Waals surface area contributed by atoms with Crippen LogP contribution in [-0.2, 0) is 0 Å². The van der Waals surface area contributed by atoms with Crippen LogP contribution in [0.2, 0.25) is 0 Å². The van der Waals surface area contributed by atoms with Crippen LogP contribution >= 0.6 is 0 Å². The first-order chi connectivity index (χ1) is 7.35. The van der Waals surface area contributed by atoms with Crippen molar-refractivity contribution in [1.82, 2.24) is 0 Å². The molecule has 0 spiro atoms. The van der Waals surface area contributed by atoms with E-state index in [4.69, 9.17) is 16.3 Å². The molecule has 0 amide bonds. The number of hydrogen-bond donors (Lipinski definition) is 1. The summed E-state index contributed by atoms with van der Waals surface area (Å²) < 4.78 is 5.60. The summed E-state index contributed by atoms with van der Waals surface area (Å²) in [5, 5.41) is 9.10. The monoisotopic (exact) mass is 203 g/mol. The topological polar surface area (TPSA) is 32.7 Å². The fourth-order valence-electron chi connectivity index (χ4n) is 1.73. The maximum atomic E-state index is 9.10. The molecule has 0 aliphatic carbocycles. The van der Waals surface area contributed by atoms with Gasteiger partial charge in [0, 0.05) is 0 Å². The Morgan fingerprint density at radius 2 is 2.33 bits per heavy atom. The number of rotatable bonds is 2. The Morgan fingerprint density at radius 1 is 1.53 bits per heavy atom. The van der Waals surface area contributed by atoms with Crippen molar-refractivity contribution in [3.05, 3.63) is 24.3 Å². The molecule has 78 valence electrons. The number of fused-ring (bicyclic) bond motifs is 1. The number of aliphatic hydroxyl groups is 1. The molecular weight excluding hydrogens is 190 g/mol. The normalized spacial score (nSPS) is 18.9. The predicted molar refractivity (Wildman–Crippen MR) is 59.0 cm³/mol. The van der Waals surface area contributed by atoms with Gasteiger partial charge in [0.05, 0.1) is 25.4 Å². The molecule has 2 rings (SSSR count). The molecule has 0 radical (unpaired) electrons. The first kappa shape index (κ1) is 9.88. The van der Waals surface area contributed by atoms with E-state index in [1.165, 1.54) is 0 Å². The van der Waals surface area contributed by atoms with Gasteiger partial charge in [-0.2, -0.15) is 0 Å². The summed E-state index contributed by atoms with van der Waals surface area (Å²) in [7, 11) is 0. The molecule has 0 saturated heterocycles. The Labute approximate surface area is 89.3 Å². The second-order valence-electron chi connectivity index (χ2n) is 3.47. The zero-order chi connectivity index (χ0) is 10.7. The summed E-state index contributed by atoms with van der Waals surface area (Å²) in [5.41, 5.74) is 1.00. The fraction of sp³-hybridized carbons (Fsp3) is 0.333. The van der Waals surface area contributed by atoms with Crippen LogP contribution in [0.5, 0.6) is 5.75 Å². The van der Waals surface area contributed by atoms with E-state index in [1.54, 1.807) is 0 Å². The van der Waals surface area contributed by atoms with Crippen molar-refractivity contribution in [2.45, 2.75) is 6.10 Å². The van der Waals surface area contributed by atoms with Crippen molar-refractivity contribution in [3.8, 4) is 18.1 Å². The van der Waals surface area contributed by atoms with Crippen LogP contribution < -0.4 is 9.64 Å². The van der Waals surface area contributed by atoms with Gasteiger partial charge in [-0.15, -0.1) is 6.42 Å². The van der Waals surface area contributed by atoms with Gasteiger partial charge in [0.15, 0.2) is 0 Å². The van der Waals surface area contributed by atoms with Gasteiger partial charge in [0.2, 0.25) is 0 Å². The second kappa shape index (κ2) is 4.24. The highest BCUT2D eigenvalue weighted by atomic mass is 16.5. The third-order valence-corrected chi connectivity index (χ3v) is 2.41. The number of aliphatic hydroxyl groups excluding tert-OH is 1. The van der Waals surface area contributed by atoms with Crippen molar-refractivity contribution < 1.29 is 9.84 Å². The van der Waals surface area contributed by atoms with Crippen LogP contribution in [0.15, 0.2) is 24.3 Å². The summed E-state index contributed by atoms with van der Waals surface area (Å²) in [6, 6.07) is 7.72. The maximum Gasteiger partial charge on any atom is 0.143 e. The molecule has 1 atom stereocenters. The second-order valence-corrected chi connectivity index (χ2v) is 3.47. The lowest BCUT2D eigenvalue weighted by Gasteiger charge is -2.34. The molecule has 3 heteroatoms. The van der Waals surface area contributed by atoms with Crippen molar-refractivity contribution in [1.29, 1.82) is 0 Å². The molecule has 15 heavy (non-hydrogen) atoms. The molecular formula is C12H13NO2. The molecule has 1 aromatic carbocycles. The van der Waals surface area contributed by atoms with E-state index in [-0.39, 0.29) is 12.7 Å². The molecule has 1 aliphatic rings. The van der Waals surface area contributed by atoms with Gasteiger partial charge in [-0.05, 0) is 12.1 Å². The molecule has 0 bridgehead atoms. The predicted octanol–water partition coefficient (Wildman–Crippen LogP) is 0.879. The number of hydrogen-bond acceptors (Lipinski definition) is 3. The summed E-state index contributed by atoms with van der Waals surface area (Å²) in [4.78, 5) is 2.04. The zero-order valence-electron chi connectivity index (χ0n) is 8.39. The average molecular weight is 203 g/mol. The number of para-hydroxylation sites is 2. The molecule has 0 fully saturated rings. The van der Waals surface area contributed by atoms with Crippen LogP contribution in [0.3, 0.4) is 0 Å². The highest BCUT2D eigenvalue weighted by Gasteiger charge is 2.23. The first-order valence-corrected chi connectivity index (χ1v) is 4.90. The molecule has 1 aliphatic heterocycles. The van der Waals surface area contributed by atoms with Gasteiger partial charge in [-0.3, -0.25) is 0 Å². The molecule has 1 heterocycles. The number of benzene rings is 1. The van der Waals surface area contributed by atoms with Gasteiger partial charge in [0.25, 0.3) is 0 Å². The molecule has 1 N–H and O–H groups in total. The van der Waals surface area contributed by atoms with Crippen molar-refractivity contribution in [2.24, 2.45) is 0 Å². The van der Waals surface area contributed by atoms with E-state index in [0.29, 0.717) is 13.1 Å². The summed E-state index contributed by atoms with van der Waals surface area (Å²) in [6.45, 7) is 1.18. The molecule has 3 nitrogen and oxygen atoms in total. The Morgan fingerprint density at radius 3 is 3.07 bits per heavy atom. The Kier molecular flexibility index (Phi) is 2.79. The zero-order valence-corrected chi connectivity index (χ0v) is 8.39. The Balaban J connectivity index is 2.30. The van der Waals surface area contributed by atoms with Gasteiger partial charge >= 0.3 is 0 Å². The van der Waals surface area contributed by atoms with Gasteiger partial charge in [-0.25, -0.2) is 0 Å². The van der Waals surface area contributed by atoms with Crippen molar-refractivity contribution in [3.63, 3.8) is 0 Å². The fourth-order valence-corrected chi connectivity index (χ4v) is 1.73. The number of nitrogens with zero attached hydrogens (tertiary/aromatic N) is 1. The van der Waals surface area contributed by atoms with Gasteiger partial charge in [-0.1, -0.05) is 18.1 Å². The van der Waals surface area contributed by atoms with Crippen LogP contribution in [0, 0.1) is 12.3 Å². The molecule has 0 saturated carbocycles. The van der Waals surface area contributed by atoms with Gasteiger partial charge < -0.3 is 14.7 Å². The summed E-state index contributed by atoms with van der Waals surface area (Å²) in [6.07, 6.45) is 5.12. The number of terminal acetylenes is 1. The van der Waals surface area contributed by atoms with E-state index in [0.717, 1.165) is 11.4 Å². The average Bonchev–Trinajstić information content (AvgIpc) is 2.29. The van der Waals surface area contributed by atoms with E-state index in [1.807, 2.05) is 29.2 Å². The molecule has 0 aromatic heterocycles. The quantitative estimate of drug-likeness (QED) is 0.724. The minimum Gasteiger partial charge on any atom is -0.484 e. The Hall–Kier alpha value is -1.66. The van der Waals surface area contributed by atoms with E-state index >= 15 is 0 Å². The van der Waals surface area contributed by atoms with Crippen LogP contribution in [-0.4, -0.2) is 30.9 Å². The SMILES string of the molecule is C#CCN1CC(CO)Oc2ccccc21. The van der Waals surface area contributed by atoms with E-state index in [2.05, 4.69) is 5.92 Å². The lowest BCUT2D eigenvalue weighted by molar-refractivity contribution is 0.113. The summed E-state index contributed by atoms with van der Waals surface area (Å²) >= 11 is 0. The first-order valence-electron chi connectivity index (χ1n) is 4.90. The lowest BCUT2D eigenvalue weighted by atomic mass is 10.2. The smallest absolute Gasteiger partial charge is 0.143 e. The van der Waals surface area contributed by atoms with Crippen LogP contribution in [0.1, 0.15) is 0 Å². The maximum absolute atomic E-state index is 9.10. The van der Waals surface area contributed by atoms with E-state index in [9.17, 15) is 0 Å². The van der Waals surface area contributed by atoms with Crippen molar-refractivity contribution >= 4 is 5.69 Å². The minimum absolute atomic E-state index is 0.00933. The minimum atomic E-state index is -0.187.